The molecule has 132 valence electrons. The Morgan fingerprint density at radius 3 is 2.28 bits per heavy atom. The van der Waals surface area contributed by atoms with E-state index in [0.717, 1.165) is 0 Å². The molecule has 0 unspecified atom stereocenters. The Morgan fingerprint density at radius 2 is 1.72 bits per heavy atom. The number of amides is 1. The molecule has 2 aromatic rings. The van der Waals surface area contributed by atoms with E-state index in [0.29, 0.717) is 17.2 Å². The number of non-ortho nitro benzene ring substituents is 1. The molecule has 0 fully saturated rings. The van der Waals surface area contributed by atoms with Crippen molar-refractivity contribution < 1.29 is 23.9 Å². The summed E-state index contributed by atoms with van der Waals surface area (Å²) in [6.07, 6.45) is 0. The van der Waals surface area contributed by atoms with Crippen molar-refractivity contribution in [3.8, 4) is 17.2 Å². The molecule has 0 saturated carbocycles. The minimum atomic E-state index is -0.578. The molecule has 1 amide bonds. The van der Waals surface area contributed by atoms with Gasteiger partial charge in [-0.1, -0.05) is 11.6 Å². The fourth-order valence-electron chi connectivity index (χ4n) is 1.92. The Kier molecular flexibility index (Phi) is 6.02. The minimum Gasteiger partial charge on any atom is -0.496 e. The van der Waals surface area contributed by atoms with Crippen LogP contribution in [-0.4, -0.2) is 31.7 Å². The molecule has 0 aliphatic carbocycles. The van der Waals surface area contributed by atoms with E-state index in [1.807, 2.05) is 0 Å². The molecule has 2 rings (SSSR count). The van der Waals surface area contributed by atoms with Gasteiger partial charge in [0.15, 0.2) is 6.61 Å². The summed E-state index contributed by atoms with van der Waals surface area (Å²) in [6.45, 7) is -0.324. The van der Waals surface area contributed by atoms with Gasteiger partial charge in [0, 0.05) is 30.3 Å². The highest BCUT2D eigenvalue weighted by atomic mass is 35.5. The molecule has 0 aliphatic heterocycles. The lowest BCUT2D eigenvalue weighted by atomic mass is 10.3. The summed E-state index contributed by atoms with van der Waals surface area (Å²) in [7, 11) is 2.99. The fourth-order valence-corrected chi connectivity index (χ4v) is 2.09. The first-order valence-corrected chi connectivity index (χ1v) is 7.40. The molecule has 0 atom stereocenters. The van der Waals surface area contributed by atoms with Crippen molar-refractivity contribution in [2.45, 2.75) is 0 Å². The maximum absolute atomic E-state index is 12.0. The summed E-state index contributed by atoms with van der Waals surface area (Å²) in [5.74, 6) is 0.869. The second kappa shape index (κ2) is 8.20. The van der Waals surface area contributed by atoms with Gasteiger partial charge in [0.2, 0.25) is 0 Å². The highest BCUT2D eigenvalue weighted by Crippen LogP contribution is 2.28. The molecule has 0 aromatic heterocycles. The zero-order valence-electron chi connectivity index (χ0n) is 13.4. The van der Waals surface area contributed by atoms with Gasteiger partial charge in [0.1, 0.15) is 17.2 Å². The molecule has 9 heteroatoms. The number of nitrogens with zero attached hydrogens (tertiary/aromatic N) is 1. The van der Waals surface area contributed by atoms with Gasteiger partial charge in [-0.25, -0.2) is 0 Å². The lowest BCUT2D eigenvalue weighted by Gasteiger charge is -2.11. The van der Waals surface area contributed by atoms with E-state index in [-0.39, 0.29) is 23.0 Å². The quantitative estimate of drug-likeness (QED) is 0.596. The maximum Gasteiger partial charge on any atom is 0.271 e. The molecule has 0 spiro atoms. The molecular weight excluding hydrogens is 352 g/mol. The van der Waals surface area contributed by atoms with Gasteiger partial charge in [-0.05, 0) is 6.07 Å². The highest BCUT2D eigenvalue weighted by Gasteiger charge is 2.13. The monoisotopic (exact) mass is 366 g/mol. The van der Waals surface area contributed by atoms with Crippen LogP contribution in [0.2, 0.25) is 5.02 Å². The van der Waals surface area contributed by atoms with Crippen molar-refractivity contribution in [2.24, 2.45) is 0 Å². The summed E-state index contributed by atoms with van der Waals surface area (Å²) in [5.41, 5.74) is -0.0501. The van der Waals surface area contributed by atoms with E-state index in [1.54, 1.807) is 18.2 Å². The third-order valence-corrected chi connectivity index (χ3v) is 3.46. The van der Waals surface area contributed by atoms with E-state index in [4.69, 9.17) is 25.8 Å². The first kappa shape index (κ1) is 18.3. The van der Waals surface area contributed by atoms with Crippen molar-refractivity contribution in [3.63, 3.8) is 0 Å². The SMILES string of the molecule is COc1cc(OC)cc(OCC(=O)Nc2cc([N+](=O)[O-])ccc2Cl)c1. The van der Waals surface area contributed by atoms with Crippen molar-refractivity contribution >= 4 is 28.9 Å². The Morgan fingerprint density at radius 1 is 1.12 bits per heavy atom. The van der Waals surface area contributed by atoms with Gasteiger partial charge in [-0.3, -0.25) is 14.9 Å². The largest absolute Gasteiger partial charge is 0.496 e. The van der Waals surface area contributed by atoms with Crippen molar-refractivity contribution in [2.75, 3.05) is 26.1 Å². The van der Waals surface area contributed by atoms with Gasteiger partial charge in [-0.15, -0.1) is 0 Å². The molecule has 2 aromatic carbocycles. The number of rotatable bonds is 7. The Labute approximate surface area is 148 Å². The first-order valence-electron chi connectivity index (χ1n) is 7.02. The average Bonchev–Trinajstić information content (AvgIpc) is 2.61. The van der Waals surface area contributed by atoms with Crippen LogP contribution in [-0.2, 0) is 4.79 Å². The number of nitrogens with one attached hydrogen (secondary N) is 1. The van der Waals surface area contributed by atoms with Crippen molar-refractivity contribution in [1.29, 1.82) is 0 Å². The van der Waals surface area contributed by atoms with Crippen LogP contribution in [0.25, 0.3) is 0 Å². The summed E-state index contributed by atoms with van der Waals surface area (Å²) in [6, 6.07) is 8.61. The van der Waals surface area contributed by atoms with Gasteiger partial charge in [-0.2, -0.15) is 0 Å². The predicted molar refractivity (Wildman–Crippen MR) is 91.8 cm³/mol. The second-order valence-corrected chi connectivity index (χ2v) is 5.21. The molecule has 0 heterocycles. The van der Waals surface area contributed by atoms with Crippen LogP contribution in [0, 0.1) is 10.1 Å². The third-order valence-electron chi connectivity index (χ3n) is 3.13. The van der Waals surface area contributed by atoms with E-state index < -0.39 is 10.8 Å². The maximum atomic E-state index is 12.0. The lowest BCUT2D eigenvalue weighted by Crippen LogP contribution is -2.20. The first-order chi connectivity index (χ1) is 11.9. The van der Waals surface area contributed by atoms with E-state index in [1.165, 1.54) is 32.4 Å². The van der Waals surface area contributed by atoms with Gasteiger partial charge >= 0.3 is 0 Å². The minimum absolute atomic E-state index is 0.132. The molecular formula is C16H15ClN2O6. The van der Waals surface area contributed by atoms with Crippen LogP contribution in [0.5, 0.6) is 17.2 Å². The molecule has 25 heavy (non-hydrogen) atoms. The van der Waals surface area contributed by atoms with Gasteiger partial charge < -0.3 is 19.5 Å². The smallest absolute Gasteiger partial charge is 0.271 e. The van der Waals surface area contributed by atoms with Crippen LogP contribution in [0.3, 0.4) is 0 Å². The molecule has 1 N–H and O–H groups in total. The number of nitro benzene ring substituents is 1. The number of nitro groups is 1. The standard InChI is InChI=1S/C16H15ClN2O6/c1-23-11-6-12(24-2)8-13(7-11)25-9-16(20)18-15-5-10(19(21)22)3-4-14(15)17/h3-8H,9H2,1-2H3,(H,18,20). The van der Waals surface area contributed by atoms with Crippen LogP contribution in [0.1, 0.15) is 0 Å². The van der Waals surface area contributed by atoms with Crippen LogP contribution >= 0.6 is 11.6 Å². The molecule has 0 aliphatic rings. The summed E-state index contributed by atoms with van der Waals surface area (Å²) in [4.78, 5) is 22.2. The average molecular weight is 367 g/mol. The Balaban J connectivity index is 2.04. The third kappa shape index (κ3) is 4.98. The van der Waals surface area contributed by atoms with E-state index in [9.17, 15) is 14.9 Å². The fraction of sp³-hybridized carbons (Fsp3) is 0.188. The zero-order chi connectivity index (χ0) is 18.4. The number of hydrogen-bond acceptors (Lipinski definition) is 6. The zero-order valence-corrected chi connectivity index (χ0v) is 14.2. The van der Waals surface area contributed by atoms with Crippen LogP contribution in [0.4, 0.5) is 11.4 Å². The number of halogens is 1. The van der Waals surface area contributed by atoms with E-state index in [2.05, 4.69) is 5.32 Å². The Hall–Kier alpha value is -3.00. The van der Waals surface area contributed by atoms with Crippen LogP contribution in [0.15, 0.2) is 36.4 Å². The number of anilines is 1. The molecule has 8 nitrogen and oxygen atoms in total. The summed E-state index contributed by atoms with van der Waals surface area (Å²) in [5, 5.41) is 13.4. The second-order valence-electron chi connectivity index (χ2n) is 4.81. The number of benzene rings is 2. The summed E-state index contributed by atoms with van der Waals surface area (Å²) < 4.78 is 15.6. The summed E-state index contributed by atoms with van der Waals surface area (Å²) >= 11 is 5.93. The highest BCUT2D eigenvalue weighted by molar-refractivity contribution is 6.33. The lowest BCUT2D eigenvalue weighted by molar-refractivity contribution is -0.384. The molecule has 0 saturated heterocycles. The number of methoxy groups -OCH3 is 2. The van der Waals surface area contributed by atoms with Crippen molar-refractivity contribution in [1.82, 2.24) is 0 Å². The van der Waals surface area contributed by atoms with Crippen molar-refractivity contribution in [3.05, 3.63) is 51.5 Å². The molecule has 0 radical (unpaired) electrons. The van der Waals surface area contributed by atoms with E-state index >= 15 is 0 Å². The molecule has 0 bridgehead atoms. The van der Waals surface area contributed by atoms with Gasteiger partial charge in [0.05, 0.1) is 29.9 Å². The number of hydrogen-bond donors (Lipinski definition) is 1. The normalized spacial score (nSPS) is 10.0. The van der Waals surface area contributed by atoms with Gasteiger partial charge in [0.25, 0.3) is 11.6 Å². The number of ether oxygens (including phenoxy) is 3. The number of carbonyl (C=O) groups is 1. The number of carbonyl (C=O) groups excluding carboxylic acids is 1. The topological polar surface area (TPSA) is 99.9 Å². The predicted octanol–water partition coefficient (Wildman–Crippen LogP) is 3.28. The Bertz CT molecular complexity index is 774. The van der Waals surface area contributed by atoms with Crippen LogP contribution < -0.4 is 19.5 Å².